The van der Waals surface area contributed by atoms with Crippen LogP contribution >= 0.6 is 0 Å². The molecule has 2 aliphatic heterocycles. The van der Waals surface area contributed by atoms with Crippen LogP contribution in [0.3, 0.4) is 0 Å². The van der Waals surface area contributed by atoms with Crippen molar-refractivity contribution in [1.82, 2.24) is 10.3 Å². The average molecular weight is 370 g/mol. The number of amides is 1. The third-order valence-corrected chi connectivity index (χ3v) is 5.50. The van der Waals surface area contributed by atoms with Crippen molar-refractivity contribution in [1.29, 1.82) is 0 Å². The summed E-state index contributed by atoms with van der Waals surface area (Å²) in [6.45, 7) is 4.02. The molecule has 0 saturated carbocycles. The van der Waals surface area contributed by atoms with E-state index < -0.39 is 0 Å². The molecular formula is C21H26N2O4. The second-order valence-corrected chi connectivity index (χ2v) is 7.47. The Bertz CT molecular complexity index is 775. The van der Waals surface area contributed by atoms with E-state index in [0.29, 0.717) is 24.0 Å². The molecule has 144 valence electrons. The standard InChI is InChI=1S/C21H26N2O4/c1-15-18(23-20(27-15)16-5-3-2-4-6-16)13-19(24)22-17-7-10-26-21(14-17)8-11-25-12-9-21/h2-6,17H,7-14H2,1H3,(H,22,24)/t17-/m1/s1. The minimum absolute atomic E-state index is 0.0138. The molecule has 1 amide bonds. The number of nitrogens with zero attached hydrogens (tertiary/aromatic N) is 1. The smallest absolute Gasteiger partial charge is 0.226 e. The summed E-state index contributed by atoms with van der Waals surface area (Å²) in [7, 11) is 0. The van der Waals surface area contributed by atoms with Crippen molar-refractivity contribution in [3.05, 3.63) is 41.8 Å². The molecule has 0 unspecified atom stereocenters. The van der Waals surface area contributed by atoms with Crippen LogP contribution in [0.15, 0.2) is 34.7 Å². The molecule has 2 aliphatic rings. The van der Waals surface area contributed by atoms with Crippen LogP contribution in [0.2, 0.25) is 0 Å². The lowest BCUT2D eigenvalue weighted by Gasteiger charge is -2.43. The summed E-state index contributed by atoms with van der Waals surface area (Å²) in [4.78, 5) is 17.1. The Kier molecular flexibility index (Phi) is 5.27. The highest BCUT2D eigenvalue weighted by Crippen LogP contribution is 2.34. The highest BCUT2D eigenvalue weighted by atomic mass is 16.5. The Labute approximate surface area is 159 Å². The molecule has 1 aromatic heterocycles. The van der Waals surface area contributed by atoms with Gasteiger partial charge in [0.1, 0.15) is 5.76 Å². The second kappa shape index (κ2) is 7.82. The number of carbonyl (C=O) groups excluding carboxylic acids is 1. The molecule has 1 atom stereocenters. The predicted octanol–water partition coefficient (Wildman–Crippen LogP) is 3.04. The predicted molar refractivity (Wildman–Crippen MR) is 100 cm³/mol. The zero-order chi connectivity index (χ0) is 18.7. The topological polar surface area (TPSA) is 73.6 Å². The van der Waals surface area contributed by atoms with E-state index in [9.17, 15) is 4.79 Å². The van der Waals surface area contributed by atoms with E-state index >= 15 is 0 Å². The summed E-state index contributed by atoms with van der Waals surface area (Å²) < 4.78 is 17.3. The SMILES string of the molecule is Cc1oc(-c2ccccc2)nc1CC(=O)N[C@@H]1CCOC2(CCOCC2)C1. The van der Waals surface area contributed by atoms with Crippen LogP contribution in [-0.4, -0.2) is 42.4 Å². The molecular weight excluding hydrogens is 344 g/mol. The summed E-state index contributed by atoms with van der Waals surface area (Å²) in [5.41, 5.74) is 1.48. The van der Waals surface area contributed by atoms with E-state index in [-0.39, 0.29) is 24.0 Å². The van der Waals surface area contributed by atoms with Crippen LogP contribution in [-0.2, 0) is 20.7 Å². The average Bonchev–Trinajstić information content (AvgIpc) is 3.03. The molecule has 27 heavy (non-hydrogen) atoms. The van der Waals surface area contributed by atoms with Crippen LogP contribution < -0.4 is 5.32 Å². The van der Waals surface area contributed by atoms with Gasteiger partial charge in [-0.15, -0.1) is 0 Å². The van der Waals surface area contributed by atoms with Crippen molar-refractivity contribution >= 4 is 5.91 Å². The second-order valence-electron chi connectivity index (χ2n) is 7.47. The largest absolute Gasteiger partial charge is 0.441 e. The van der Waals surface area contributed by atoms with Crippen molar-refractivity contribution in [3.63, 3.8) is 0 Å². The highest BCUT2D eigenvalue weighted by Gasteiger charge is 2.39. The van der Waals surface area contributed by atoms with E-state index in [0.717, 1.165) is 44.5 Å². The fourth-order valence-electron chi connectivity index (χ4n) is 3.97. The monoisotopic (exact) mass is 370 g/mol. The van der Waals surface area contributed by atoms with Crippen molar-refractivity contribution in [2.45, 2.75) is 50.7 Å². The Balaban J connectivity index is 1.37. The highest BCUT2D eigenvalue weighted by molar-refractivity contribution is 5.78. The lowest BCUT2D eigenvalue weighted by atomic mass is 9.84. The number of carbonyl (C=O) groups is 1. The third kappa shape index (κ3) is 4.22. The van der Waals surface area contributed by atoms with Gasteiger partial charge in [-0.05, 0) is 44.7 Å². The molecule has 4 rings (SSSR count). The first kappa shape index (κ1) is 18.2. The Morgan fingerprint density at radius 2 is 2.00 bits per heavy atom. The first-order valence-electron chi connectivity index (χ1n) is 9.66. The molecule has 1 aromatic carbocycles. The minimum Gasteiger partial charge on any atom is -0.441 e. The van der Waals surface area contributed by atoms with E-state index in [1.54, 1.807) is 0 Å². The van der Waals surface area contributed by atoms with Gasteiger partial charge in [0.05, 0.1) is 17.7 Å². The summed E-state index contributed by atoms with van der Waals surface area (Å²) in [6.07, 6.45) is 3.75. The van der Waals surface area contributed by atoms with Crippen molar-refractivity contribution in [3.8, 4) is 11.5 Å². The Morgan fingerprint density at radius 1 is 1.22 bits per heavy atom. The number of hydrogen-bond donors (Lipinski definition) is 1. The van der Waals surface area contributed by atoms with E-state index in [4.69, 9.17) is 13.9 Å². The van der Waals surface area contributed by atoms with Crippen LogP contribution in [0.25, 0.3) is 11.5 Å². The van der Waals surface area contributed by atoms with Crippen molar-refractivity contribution in [2.24, 2.45) is 0 Å². The van der Waals surface area contributed by atoms with Gasteiger partial charge in [0.25, 0.3) is 0 Å². The Morgan fingerprint density at radius 3 is 2.78 bits per heavy atom. The van der Waals surface area contributed by atoms with Gasteiger partial charge in [-0.25, -0.2) is 4.98 Å². The number of hydrogen-bond acceptors (Lipinski definition) is 5. The van der Waals surface area contributed by atoms with Gasteiger partial charge in [-0.1, -0.05) is 18.2 Å². The van der Waals surface area contributed by atoms with Crippen LogP contribution in [0.5, 0.6) is 0 Å². The van der Waals surface area contributed by atoms with Gasteiger partial charge >= 0.3 is 0 Å². The zero-order valence-electron chi connectivity index (χ0n) is 15.7. The van der Waals surface area contributed by atoms with E-state index in [1.807, 2.05) is 37.3 Å². The molecule has 6 nitrogen and oxygen atoms in total. The lowest BCUT2D eigenvalue weighted by molar-refractivity contribution is -0.143. The first-order valence-corrected chi connectivity index (χ1v) is 9.66. The fraction of sp³-hybridized carbons (Fsp3) is 0.524. The zero-order valence-corrected chi connectivity index (χ0v) is 15.7. The molecule has 2 aromatic rings. The molecule has 2 saturated heterocycles. The molecule has 0 radical (unpaired) electrons. The maximum absolute atomic E-state index is 12.6. The number of oxazole rings is 1. The molecule has 0 bridgehead atoms. The number of aryl methyl sites for hydroxylation is 1. The van der Waals surface area contributed by atoms with E-state index in [2.05, 4.69) is 10.3 Å². The number of nitrogens with one attached hydrogen (secondary N) is 1. The lowest BCUT2D eigenvalue weighted by Crippen LogP contribution is -2.51. The number of rotatable bonds is 4. The molecule has 1 N–H and O–H groups in total. The van der Waals surface area contributed by atoms with Crippen LogP contribution in [0.1, 0.15) is 37.1 Å². The van der Waals surface area contributed by atoms with Gasteiger partial charge in [0.15, 0.2) is 0 Å². The summed E-state index contributed by atoms with van der Waals surface area (Å²) in [5.74, 6) is 1.24. The van der Waals surface area contributed by atoms with Gasteiger partial charge in [0, 0.05) is 31.4 Å². The molecule has 3 heterocycles. The molecule has 1 spiro atoms. The normalized spacial score (nSPS) is 21.9. The minimum atomic E-state index is -0.126. The van der Waals surface area contributed by atoms with Crippen molar-refractivity contribution < 1.29 is 18.7 Å². The maximum Gasteiger partial charge on any atom is 0.226 e. The summed E-state index contributed by atoms with van der Waals surface area (Å²) in [5, 5.41) is 3.17. The third-order valence-electron chi connectivity index (χ3n) is 5.50. The van der Waals surface area contributed by atoms with Gasteiger partial charge in [0.2, 0.25) is 11.8 Å². The Hall–Kier alpha value is -2.18. The van der Waals surface area contributed by atoms with Crippen LogP contribution in [0.4, 0.5) is 0 Å². The molecule has 6 heteroatoms. The van der Waals surface area contributed by atoms with Gasteiger partial charge < -0.3 is 19.2 Å². The molecule has 0 aliphatic carbocycles. The quantitative estimate of drug-likeness (QED) is 0.895. The van der Waals surface area contributed by atoms with Gasteiger partial charge in [-0.2, -0.15) is 0 Å². The first-order chi connectivity index (χ1) is 13.1. The summed E-state index contributed by atoms with van der Waals surface area (Å²) >= 11 is 0. The number of benzene rings is 1. The van der Waals surface area contributed by atoms with E-state index in [1.165, 1.54) is 0 Å². The maximum atomic E-state index is 12.6. The summed E-state index contributed by atoms with van der Waals surface area (Å²) in [6, 6.07) is 9.88. The van der Waals surface area contributed by atoms with Crippen LogP contribution in [0, 0.1) is 6.92 Å². The van der Waals surface area contributed by atoms with Crippen molar-refractivity contribution in [2.75, 3.05) is 19.8 Å². The molecule has 2 fully saturated rings. The fourth-order valence-corrected chi connectivity index (χ4v) is 3.97. The number of aromatic nitrogens is 1. The number of ether oxygens (including phenoxy) is 2. The van der Waals surface area contributed by atoms with Gasteiger partial charge in [-0.3, -0.25) is 4.79 Å².